The SMILES string of the molecule is CCOC(=O)Cn1nc(C2CC2)c2c(C(F)F)cc(-c3ccc4c(c3)OCO4)nc21. The van der Waals surface area contributed by atoms with E-state index in [1.54, 1.807) is 25.1 Å². The lowest BCUT2D eigenvalue weighted by atomic mass is 10.0. The van der Waals surface area contributed by atoms with Gasteiger partial charge in [-0.25, -0.2) is 18.4 Å². The average molecular weight is 415 g/mol. The highest BCUT2D eigenvalue weighted by Gasteiger charge is 2.33. The van der Waals surface area contributed by atoms with Crippen molar-refractivity contribution in [2.24, 2.45) is 0 Å². The Labute approximate surface area is 170 Å². The fourth-order valence-corrected chi connectivity index (χ4v) is 3.68. The highest BCUT2D eigenvalue weighted by Crippen LogP contribution is 2.45. The first-order chi connectivity index (χ1) is 14.5. The van der Waals surface area contributed by atoms with Crippen LogP contribution < -0.4 is 9.47 Å². The second-order valence-corrected chi connectivity index (χ2v) is 7.29. The van der Waals surface area contributed by atoms with Gasteiger partial charge in [0.2, 0.25) is 6.79 Å². The van der Waals surface area contributed by atoms with Crippen LogP contribution >= 0.6 is 0 Å². The third kappa shape index (κ3) is 3.24. The van der Waals surface area contributed by atoms with E-state index in [0.29, 0.717) is 33.8 Å². The van der Waals surface area contributed by atoms with Crippen molar-refractivity contribution in [2.75, 3.05) is 13.4 Å². The lowest BCUT2D eigenvalue weighted by Crippen LogP contribution is -2.15. The van der Waals surface area contributed by atoms with E-state index in [0.717, 1.165) is 12.8 Å². The second kappa shape index (κ2) is 7.23. The van der Waals surface area contributed by atoms with E-state index in [-0.39, 0.29) is 37.1 Å². The summed E-state index contributed by atoms with van der Waals surface area (Å²) in [6, 6.07) is 6.56. The largest absolute Gasteiger partial charge is 0.465 e. The molecule has 2 aromatic heterocycles. The highest BCUT2D eigenvalue weighted by molar-refractivity contribution is 5.87. The molecule has 0 amide bonds. The number of ether oxygens (including phenoxy) is 3. The molecule has 30 heavy (non-hydrogen) atoms. The topological polar surface area (TPSA) is 75.5 Å². The third-order valence-electron chi connectivity index (χ3n) is 5.21. The molecule has 9 heteroatoms. The molecular formula is C21H19F2N3O4. The number of hydrogen-bond acceptors (Lipinski definition) is 6. The molecule has 2 aliphatic rings. The summed E-state index contributed by atoms with van der Waals surface area (Å²) in [4.78, 5) is 16.7. The van der Waals surface area contributed by atoms with Crippen LogP contribution in [0.15, 0.2) is 24.3 Å². The minimum atomic E-state index is -2.71. The Morgan fingerprint density at radius 1 is 1.27 bits per heavy atom. The minimum absolute atomic E-state index is 0.116. The average Bonchev–Trinajstić information content (AvgIpc) is 3.35. The molecule has 1 aliphatic carbocycles. The maximum atomic E-state index is 14.1. The van der Waals surface area contributed by atoms with Crippen molar-refractivity contribution in [2.45, 2.75) is 38.7 Å². The Morgan fingerprint density at radius 2 is 2.07 bits per heavy atom. The van der Waals surface area contributed by atoms with Gasteiger partial charge in [0.1, 0.15) is 6.54 Å². The molecule has 7 nitrogen and oxygen atoms in total. The van der Waals surface area contributed by atoms with Gasteiger partial charge in [0.05, 0.1) is 23.4 Å². The molecule has 0 atom stereocenters. The number of rotatable bonds is 6. The number of alkyl halides is 2. The summed E-state index contributed by atoms with van der Waals surface area (Å²) in [5.41, 5.74) is 1.66. The molecule has 0 unspecified atom stereocenters. The van der Waals surface area contributed by atoms with E-state index in [2.05, 4.69) is 10.1 Å². The summed E-state index contributed by atoms with van der Waals surface area (Å²) in [7, 11) is 0. The number of fused-ring (bicyclic) bond motifs is 2. The van der Waals surface area contributed by atoms with Crippen molar-refractivity contribution in [3.8, 4) is 22.8 Å². The summed E-state index contributed by atoms with van der Waals surface area (Å²) in [5, 5.41) is 4.82. The van der Waals surface area contributed by atoms with Crippen LogP contribution in [0.2, 0.25) is 0 Å². The number of nitrogens with zero attached hydrogens (tertiary/aromatic N) is 3. The van der Waals surface area contributed by atoms with Gasteiger partial charge in [0, 0.05) is 17.0 Å². The zero-order valence-corrected chi connectivity index (χ0v) is 16.2. The standard InChI is InChI=1S/C21H19F2N3O4/c1-2-28-17(27)9-26-21-18(19(25-26)11-3-4-11)13(20(22)23)8-14(24-21)12-5-6-15-16(7-12)30-10-29-15/h5-8,11,20H,2-4,9-10H2,1H3. The van der Waals surface area contributed by atoms with Gasteiger partial charge in [-0.2, -0.15) is 5.10 Å². The highest BCUT2D eigenvalue weighted by atomic mass is 19.3. The summed E-state index contributed by atoms with van der Waals surface area (Å²) in [6.07, 6.45) is -0.933. The smallest absolute Gasteiger partial charge is 0.327 e. The van der Waals surface area contributed by atoms with Crippen molar-refractivity contribution >= 4 is 17.0 Å². The summed E-state index contributed by atoms with van der Waals surface area (Å²) >= 11 is 0. The molecule has 0 N–H and O–H groups in total. The van der Waals surface area contributed by atoms with E-state index in [4.69, 9.17) is 14.2 Å². The number of carbonyl (C=O) groups is 1. The van der Waals surface area contributed by atoms with Crippen LogP contribution in [0.4, 0.5) is 8.78 Å². The van der Waals surface area contributed by atoms with Gasteiger partial charge in [-0.05, 0) is 44.0 Å². The van der Waals surface area contributed by atoms with E-state index in [9.17, 15) is 13.6 Å². The van der Waals surface area contributed by atoms with Crippen LogP contribution in [-0.2, 0) is 16.1 Å². The third-order valence-corrected chi connectivity index (χ3v) is 5.21. The number of aromatic nitrogens is 3. The first-order valence-electron chi connectivity index (χ1n) is 9.80. The number of hydrogen-bond donors (Lipinski definition) is 0. The van der Waals surface area contributed by atoms with Gasteiger partial charge in [-0.15, -0.1) is 0 Å². The minimum Gasteiger partial charge on any atom is -0.465 e. The Balaban J connectivity index is 1.68. The van der Waals surface area contributed by atoms with Crippen LogP contribution in [0, 0.1) is 0 Å². The predicted molar refractivity (Wildman–Crippen MR) is 103 cm³/mol. The Hall–Kier alpha value is -3.23. The number of pyridine rings is 1. The normalized spacial score (nSPS) is 15.2. The van der Waals surface area contributed by atoms with Gasteiger partial charge in [0.25, 0.3) is 6.43 Å². The molecule has 0 bridgehead atoms. The van der Waals surface area contributed by atoms with Crippen LogP contribution in [0.5, 0.6) is 11.5 Å². The van der Waals surface area contributed by atoms with Crippen LogP contribution in [0.3, 0.4) is 0 Å². The van der Waals surface area contributed by atoms with Crippen molar-refractivity contribution in [1.82, 2.24) is 14.8 Å². The number of benzene rings is 1. The Morgan fingerprint density at radius 3 is 2.80 bits per heavy atom. The lowest BCUT2D eigenvalue weighted by Gasteiger charge is -2.09. The molecule has 1 aliphatic heterocycles. The van der Waals surface area contributed by atoms with Crippen molar-refractivity contribution < 1.29 is 27.8 Å². The molecule has 156 valence electrons. The summed E-state index contributed by atoms with van der Waals surface area (Å²) in [6.45, 7) is 1.87. The molecular weight excluding hydrogens is 396 g/mol. The Bertz CT molecular complexity index is 1140. The lowest BCUT2D eigenvalue weighted by molar-refractivity contribution is -0.143. The predicted octanol–water partition coefficient (Wildman–Crippen LogP) is 4.21. The Kier molecular flexibility index (Phi) is 4.52. The molecule has 1 aromatic carbocycles. The fraction of sp³-hybridized carbons (Fsp3) is 0.381. The maximum Gasteiger partial charge on any atom is 0.327 e. The fourth-order valence-electron chi connectivity index (χ4n) is 3.68. The molecule has 3 heterocycles. The van der Waals surface area contributed by atoms with E-state index in [1.165, 1.54) is 10.7 Å². The zero-order valence-electron chi connectivity index (χ0n) is 16.2. The van der Waals surface area contributed by atoms with Crippen molar-refractivity contribution in [1.29, 1.82) is 0 Å². The van der Waals surface area contributed by atoms with Gasteiger partial charge < -0.3 is 14.2 Å². The maximum absolute atomic E-state index is 14.1. The van der Waals surface area contributed by atoms with Crippen molar-refractivity contribution in [3.63, 3.8) is 0 Å². The van der Waals surface area contributed by atoms with E-state index < -0.39 is 12.4 Å². The molecule has 5 rings (SSSR count). The number of esters is 1. The zero-order chi connectivity index (χ0) is 20.8. The first kappa shape index (κ1) is 18.8. The first-order valence-corrected chi connectivity index (χ1v) is 9.80. The molecule has 3 aromatic rings. The van der Waals surface area contributed by atoms with Crippen molar-refractivity contribution in [3.05, 3.63) is 35.5 Å². The summed E-state index contributed by atoms with van der Waals surface area (Å²) in [5.74, 6) is 0.758. The van der Waals surface area contributed by atoms with Crippen LogP contribution in [-0.4, -0.2) is 34.1 Å². The van der Waals surface area contributed by atoms with Gasteiger partial charge >= 0.3 is 5.97 Å². The van der Waals surface area contributed by atoms with E-state index in [1.807, 2.05) is 0 Å². The summed E-state index contributed by atoms with van der Waals surface area (Å²) < 4.78 is 45.2. The molecule has 0 saturated heterocycles. The second-order valence-electron chi connectivity index (χ2n) is 7.29. The van der Waals surface area contributed by atoms with Crippen LogP contribution in [0.25, 0.3) is 22.3 Å². The monoisotopic (exact) mass is 415 g/mol. The van der Waals surface area contributed by atoms with Gasteiger partial charge in [0.15, 0.2) is 17.1 Å². The number of carbonyl (C=O) groups excluding carboxylic acids is 1. The van der Waals surface area contributed by atoms with Gasteiger partial charge in [-0.1, -0.05) is 0 Å². The number of halogens is 2. The van der Waals surface area contributed by atoms with Crippen LogP contribution in [0.1, 0.15) is 43.4 Å². The quantitative estimate of drug-likeness (QED) is 0.562. The molecule has 1 saturated carbocycles. The molecule has 1 fully saturated rings. The van der Waals surface area contributed by atoms with E-state index >= 15 is 0 Å². The van der Waals surface area contributed by atoms with Gasteiger partial charge in [-0.3, -0.25) is 4.79 Å². The molecule has 0 radical (unpaired) electrons. The molecule has 0 spiro atoms.